The van der Waals surface area contributed by atoms with E-state index in [2.05, 4.69) is 66.4 Å². The molecule has 0 amide bonds. The summed E-state index contributed by atoms with van der Waals surface area (Å²) in [5, 5.41) is 12.1. The zero-order valence-corrected chi connectivity index (χ0v) is 16.9. The van der Waals surface area contributed by atoms with Crippen molar-refractivity contribution in [1.29, 1.82) is 0 Å². The number of allylic oxidation sites excluding steroid dienone is 1. The van der Waals surface area contributed by atoms with Gasteiger partial charge in [0.05, 0.1) is 17.6 Å². The van der Waals surface area contributed by atoms with Crippen molar-refractivity contribution in [2.75, 3.05) is 37.6 Å². The SMILES string of the molecule is CCN1CCN(c2cc(-c3n[nH]c4c3C[C@@H](c3cnn(C)c3)C=C4)ncn2)CC1. The molecule has 8 nitrogen and oxygen atoms in total. The topological polar surface area (TPSA) is 78.8 Å². The van der Waals surface area contributed by atoms with Crippen molar-refractivity contribution >= 4 is 11.9 Å². The predicted molar refractivity (Wildman–Crippen MR) is 113 cm³/mol. The van der Waals surface area contributed by atoms with Gasteiger partial charge in [-0.15, -0.1) is 0 Å². The quantitative estimate of drug-likeness (QED) is 0.735. The molecule has 150 valence electrons. The standard InChI is InChI=1S/C21H26N8/c1-3-28-6-8-29(9-7-28)20-11-19(22-14-23-20)21-17-10-15(4-5-18(17)25-26-21)16-12-24-27(2)13-16/h4-5,11-15H,3,6-10H2,1-2H3,(H,25,26)/t15-/m0/s1. The number of aryl methyl sites for hydroxylation is 1. The van der Waals surface area contributed by atoms with Crippen molar-refractivity contribution < 1.29 is 0 Å². The molecule has 0 spiro atoms. The number of nitrogens with zero attached hydrogens (tertiary/aromatic N) is 7. The van der Waals surface area contributed by atoms with Gasteiger partial charge in [0.2, 0.25) is 0 Å². The number of rotatable bonds is 4. The van der Waals surface area contributed by atoms with E-state index in [1.807, 2.05) is 17.9 Å². The van der Waals surface area contributed by atoms with Gasteiger partial charge in [0.15, 0.2) is 0 Å². The van der Waals surface area contributed by atoms with Crippen LogP contribution in [0.3, 0.4) is 0 Å². The molecule has 1 atom stereocenters. The number of nitrogens with one attached hydrogen (secondary N) is 1. The van der Waals surface area contributed by atoms with Crippen LogP contribution in [-0.4, -0.2) is 67.6 Å². The minimum absolute atomic E-state index is 0.302. The number of aromatic amines is 1. The van der Waals surface area contributed by atoms with Gasteiger partial charge in [0.25, 0.3) is 0 Å². The molecule has 2 aliphatic rings. The molecule has 1 fully saturated rings. The maximum Gasteiger partial charge on any atom is 0.132 e. The Morgan fingerprint density at radius 1 is 1.17 bits per heavy atom. The normalized spacial score (nSPS) is 19.5. The summed E-state index contributed by atoms with van der Waals surface area (Å²) in [5.41, 5.74) is 5.30. The Morgan fingerprint density at radius 3 is 2.79 bits per heavy atom. The molecule has 0 radical (unpaired) electrons. The Balaban J connectivity index is 1.41. The summed E-state index contributed by atoms with van der Waals surface area (Å²) in [6.45, 7) is 7.46. The van der Waals surface area contributed by atoms with Crippen molar-refractivity contribution in [3.8, 4) is 11.4 Å². The highest BCUT2D eigenvalue weighted by Crippen LogP contribution is 2.34. The fraction of sp³-hybridized carbons (Fsp3) is 0.429. The van der Waals surface area contributed by atoms with E-state index in [9.17, 15) is 0 Å². The molecule has 0 unspecified atom stereocenters. The lowest BCUT2D eigenvalue weighted by Crippen LogP contribution is -2.46. The first-order valence-electron chi connectivity index (χ1n) is 10.2. The summed E-state index contributed by atoms with van der Waals surface area (Å²) >= 11 is 0. The lowest BCUT2D eigenvalue weighted by Gasteiger charge is -2.34. The summed E-state index contributed by atoms with van der Waals surface area (Å²) in [6.07, 6.45) is 10.9. The third-order valence-corrected chi connectivity index (χ3v) is 6.01. The maximum absolute atomic E-state index is 4.60. The molecule has 3 aromatic rings. The molecule has 1 N–H and O–H groups in total. The number of aromatic nitrogens is 6. The highest BCUT2D eigenvalue weighted by atomic mass is 15.3. The first-order valence-corrected chi connectivity index (χ1v) is 10.2. The van der Waals surface area contributed by atoms with Crippen LogP contribution in [0.5, 0.6) is 0 Å². The summed E-state index contributed by atoms with van der Waals surface area (Å²) in [4.78, 5) is 13.9. The van der Waals surface area contributed by atoms with Gasteiger partial charge in [-0.2, -0.15) is 10.2 Å². The Labute approximate surface area is 170 Å². The second-order valence-corrected chi connectivity index (χ2v) is 7.76. The van der Waals surface area contributed by atoms with E-state index in [0.29, 0.717) is 5.92 Å². The smallest absolute Gasteiger partial charge is 0.132 e. The third-order valence-electron chi connectivity index (χ3n) is 6.01. The van der Waals surface area contributed by atoms with E-state index in [-0.39, 0.29) is 0 Å². The monoisotopic (exact) mass is 390 g/mol. The second-order valence-electron chi connectivity index (χ2n) is 7.76. The van der Waals surface area contributed by atoms with Gasteiger partial charge in [0.1, 0.15) is 17.8 Å². The molecule has 0 aromatic carbocycles. The molecular formula is C21H26N8. The van der Waals surface area contributed by atoms with Crippen LogP contribution in [-0.2, 0) is 13.5 Å². The number of hydrogen-bond acceptors (Lipinski definition) is 6. The largest absolute Gasteiger partial charge is 0.354 e. The average molecular weight is 390 g/mol. The summed E-state index contributed by atoms with van der Waals surface area (Å²) in [6, 6.07) is 2.08. The number of fused-ring (bicyclic) bond motifs is 1. The van der Waals surface area contributed by atoms with Gasteiger partial charge in [-0.25, -0.2) is 9.97 Å². The van der Waals surface area contributed by atoms with Gasteiger partial charge in [-0.05, 0) is 24.6 Å². The zero-order valence-electron chi connectivity index (χ0n) is 16.9. The highest BCUT2D eigenvalue weighted by Gasteiger charge is 2.24. The first-order chi connectivity index (χ1) is 14.2. The number of hydrogen-bond donors (Lipinski definition) is 1. The first kappa shape index (κ1) is 18.1. The van der Waals surface area contributed by atoms with Crippen molar-refractivity contribution in [2.45, 2.75) is 19.3 Å². The van der Waals surface area contributed by atoms with Gasteiger partial charge in [-0.3, -0.25) is 9.78 Å². The molecule has 29 heavy (non-hydrogen) atoms. The third kappa shape index (κ3) is 3.44. The van der Waals surface area contributed by atoms with Crippen molar-refractivity contribution in [1.82, 2.24) is 34.8 Å². The van der Waals surface area contributed by atoms with Crippen LogP contribution < -0.4 is 4.90 Å². The van der Waals surface area contributed by atoms with Gasteiger partial charge >= 0.3 is 0 Å². The fourth-order valence-electron chi connectivity index (χ4n) is 4.24. The zero-order chi connectivity index (χ0) is 19.8. The molecule has 1 saturated heterocycles. The molecule has 8 heteroatoms. The van der Waals surface area contributed by atoms with Crippen LogP contribution in [0.4, 0.5) is 5.82 Å². The number of likely N-dealkylation sites (N-methyl/N-ethyl adjacent to an activating group) is 1. The molecule has 1 aliphatic carbocycles. The number of piperazine rings is 1. The van der Waals surface area contributed by atoms with Crippen LogP contribution in [0.1, 0.15) is 29.7 Å². The van der Waals surface area contributed by atoms with E-state index in [1.54, 1.807) is 6.33 Å². The maximum atomic E-state index is 4.60. The average Bonchev–Trinajstić information content (AvgIpc) is 3.39. The van der Waals surface area contributed by atoms with Crippen LogP contribution in [0.25, 0.3) is 17.5 Å². The Morgan fingerprint density at radius 2 is 2.03 bits per heavy atom. The molecular weight excluding hydrogens is 364 g/mol. The molecule has 4 heterocycles. The minimum atomic E-state index is 0.302. The van der Waals surface area contributed by atoms with Gasteiger partial charge < -0.3 is 9.80 Å². The molecule has 1 aliphatic heterocycles. The minimum Gasteiger partial charge on any atom is -0.354 e. The summed E-state index contributed by atoms with van der Waals surface area (Å²) in [5.74, 6) is 1.29. The summed E-state index contributed by atoms with van der Waals surface area (Å²) < 4.78 is 1.85. The van der Waals surface area contributed by atoms with E-state index in [1.165, 1.54) is 11.1 Å². The van der Waals surface area contributed by atoms with Gasteiger partial charge in [-0.1, -0.05) is 13.0 Å². The van der Waals surface area contributed by atoms with Crippen molar-refractivity contribution in [2.24, 2.45) is 7.05 Å². The van der Waals surface area contributed by atoms with Gasteiger partial charge in [0, 0.05) is 57.0 Å². The second kappa shape index (κ2) is 7.44. The van der Waals surface area contributed by atoms with Crippen LogP contribution in [0.15, 0.2) is 30.9 Å². The Kier molecular flexibility index (Phi) is 4.63. The fourth-order valence-corrected chi connectivity index (χ4v) is 4.24. The van der Waals surface area contributed by atoms with E-state index >= 15 is 0 Å². The number of H-pyrrole nitrogens is 1. The van der Waals surface area contributed by atoms with Crippen LogP contribution in [0.2, 0.25) is 0 Å². The summed E-state index contributed by atoms with van der Waals surface area (Å²) in [7, 11) is 1.95. The number of anilines is 1. The van der Waals surface area contributed by atoms with E-state index in [0.717, 1.165) is 62.0 Å². The van der Waals surface area contributed by atoms with Crippen molar-refractivity contribution in [3.63, 3.8) is 0 Å². The lowest BCUT2D eigenvalue weighted by molar-refractivity contribution is 0.270. The van der Waals surface area contributed by atoms with Crippen molar-refractivity contribution in [3.05, 3.63) is 47.7 Å². The Hall–Kier alpha value is -3.00. The van der Waals surface area contributed by atoms with E-state index < -0.39 is 0 Å². The molecule has 0 saturated carbocycles. The Bertz CT molecular complexity index is 1020. The van der Waals surface area contributed by atoms with Crippen LogP contribution in [0, 0.1) is 0 Å². The predicted octanol–water partition coefficient (Wildman–Crippen LogP) is 2.10. The molecule has 3 aromatic heterocycles. The van der Waals surface area contributed by atoms with Crippen LogP contribution >= 0.6 is 0 Å². The molecule has 5 rings (SSSR count). The highest BCUT2D eigenvalue weighted by molar-refractivity contribution is 5.69. The van der Waals surface area contributed by atoms with E-state index in [4.69, 9.17) is 0 Å². The lowest BCUT2D eigenvalue weighted by atomic mass is 9.88. The molecule has 0 bridgehead atoms.